The molecule has 0 radical (unpaired) electrons. The zero-order valence-corrected chi connectivity index (χ0v) is 15.7. The van der Waals surface area contributed by atoms with E-state index in [4.69, 9.17) is 9.72 Å². The van der Waals surface area contributed by atoms with Crippen molar-refractivity contribution in [2.45, 2.75) is 25.8 Å². The van der Waals surface area contributed by atoms with E-state index in [-0.39, 0.29) is 5.82 Å². The number of methoxy groups -OCH3 is 1. The third-order valence-corrected chi connectivity index (χ3v) is 5.09. The van der Waals surface area contributed by atoms with Crippen LogP contribution in [0.15, 0.2) is 48.5 Å². The van der Waals surface area contributed by atoms with Gasteiger partial charge in [-0.05, 0) is 68.3 Å². The van der Waals surface area contributed by atoms with E-state index in [2.05, 4.69) is 28.4 Å². The maximum absolute atomic E-state index is 13.1. The lowest BCUT2D eigenvalue weighted by Crippen LogP contribution is -2.33. The number of hydrogen-bond donors (Lipinski definition) is 1. The van der Waals surface area contributed by atoms with Crippen molar-refractivity contribution in [3.05, 3.63) is 60.0 Å². The first-order chi connectivity index (χ1) is 13.1. The minimum Gasteiger partial charge on any atom is -0.383 e. The predicted molar refractivity (Wildman–Crippen MR) is 108 cm³/mol. The largest absolute Gasteiger partial charge is 0.383 e. The summed E-state index contributed by atoms with van der Waals surface area (Å²) in [7, 11) is 1.76. The molecule has 0 saturated carbocycles. The van der Waals surface area contributed by atoms with Crippen molar-refractivity contribution in [1.82, 2.24) is 4.98 Å². The standard InChI is InChI=1S/C22H24FN3O/c1-15-12-22(26-11-3-4-19(26)14-27-2)20-10-9-18(13-21(20)24-15)25-17-7-5-16(23)6-8-17/h5-10,12-13,19,25H,3-4,11,14H2,1-2H3/t19-/m0/s1. The van der Waals surface area contributed by atoms with Crippen molar-refractivity contribution in [3.8, 4) is 0 Å². The van der Waals surface area contributed by atoms with E-state index >= 15 is 0 Å². The van der Waals surface area contributed by atoms with Gasteiger partial charge in [0.1, 0.15) is 5.82 Å². The first-order valence-corrected chi connectivity index (χ1v) is 9.33. The zero-order valence-electron chi connectivity index (χ0n) is 15.7. The van der Waals surface area contributed by atoms with Crippen LogP contribution in [0.3, 0.4) is 0 Å². The molecule has 1 saturated heterocycles. The Morgan fingerprint density at radius 2 is 1.93 bits per heavy atom. The molecule has 2 heterocycles. The monoisotopic (exact) mass is 365 g/mol. The summed E-state index contributed by atoms with van der Waals surface area (Å²) in [4.78, 5) is 7.19. The molecule has 1 aliphatic heterocycles. The molecule has 4 rings (SSSR count). The van der Waals surface area contributed by atoms with Gasteiger partial charge in [0.05, 0.1) is 18.2 Å². The average molecular weight is 365 g/mol. The summed E-state index contributed by atoms with van der Waals surface area (Å²) in [6.45, 7) is 3.82. The van der Waals surface area contributed by atoms with E-state index in [1.54, 1.807) is 19.2 Å². The van der Waals surface area contributed by atoms with Crippen molar-refractivity contribution in [2.75, 3.05) is 30.5 Å². The Labute approximate surface area is 159 Å². The number of nitrogens with zero attached hydrogens (tertiary/aromatic N) is 2. The van der Waals surface area contributed by atoms with Gasteiger partial charge in [0.2, 0.25) is 0 Å². The second kappa shape index (κ2) is 7.53. The van der Waals surface area contributed by atoms with Gasteiger partial charge in [0, 0.05) is 41.8 Å². The smallest absolute Gasteiger partial charge is 0.123 e. The Balaban J connectivity index is 1.69. The number of rotatable bonds is 5. The van der Waals surface area contributed by atoms with Gasteiger partial charge >= 0.3 is 0 Å². The van der Waals surface area contributed by atoms with Crippen LogP contribution in [0, 0.1) is 12.7 Å². The molecule has 4 nitrogen and oxygen atoms in total. The summed E-state index contributed by atoms with van der Waals surface area (Å²) < 4.78 is 18.5. The lowest BCUT2D eigenvalue weighted by Gasteiger charge is -2.28. The number of ether oxygens (including phenoxy) is 1. The fraction of sp³-hybridized carbons (Fsp3) is 0.318. The van der Waals surface area contributed by atoms with Crippen LogP contribution in [0.2, 0.25) is 0 Å². The molecule has 27 heavy (non-hydrogen) atoms. The third kappa shape index (κ3) is 3.74. The highest BCUT2D eigenvalue weighted by atomic mass is 19.1. The van der Waals surface area contributed by atoms with Crippen LogP contribution in [-0.4, -0.2) is 31.3 Å². The van der Waals surface area contributed by atoms with Crippen LogP contribution in [0.4, 0.5) is 21.5 Å². The fourth-order valence-corrected chi connectivity index (χ4v) is 3.87. The molecule has 1 fully saturated rings. The number of aromatic nitrogens is 1. The Kier molecular flexibility index (Phi) is 4.94. The van der Waals surface area contributed by atoms with Crippen LogP contribution in [0.5, 0.6) is 0 Å². The summed E-state index contributed by atoms with van der Waals surface area (Å²) in [6, 6.07) is 15.2. The first-order valence-electron chi connectivity index (χ1n) is 9.33. The number of pyridine rings is 1. The zero-order chi connectivity index (χ0) is 18.8. The summed E-state index contributed by atoms with van der Waals surface area (Å²) in [5.74, 6) is -0.239. The van der Waals surface area contributed by atoms with Crippen LogP contribution in [-0.2, 0) is 4.74 Å². The van der Waals surface area contributed by atoms with E-state index < -0.39 is 0 Å². The minimum absolute atomic E-state index is 0.239. The van der Waals surface area contributed by atoms with Gasteiger partial charge < -0.3 is 15.0 Å². The molecule has 1 aliphatic rings. The van der Waals surface area contributed by atoms with Gasteiger partial charge in [-0.15, -0.1) is 0 Å². The van der Waals surface area contributed by atoms with E-state index in [1.807, 2.05) is 13.0 Å². The number of aryl methyl sites for hydroxylation is 1. The number of fused-ring (bicyclic) bond motifs is 1. The van der Waals surface area contributed by atoms with Crippen molar-refractivity contribution in [1.29, 1.82) is 0 Å². The van der Waals surface area contributed by atoms with Gasteiger partial charge in [0.25, 0.3) is 0 Å². The van der Waals surface area contributed by atoms with Gasteiger partial charge in [-0.2, -0.15) is 0 Å². The normalized spacial score (nSPS) is 16.9. The van der Waals surface area contributed by atoms with E-state index in [1.165, 1.54) is 24.2 Å². The number of benzene rings is 2. The maximum atomic E-state index is 13.1. The first kappa shape index (κ1) is 17.7. The molecular formula is C22H24FN3O. The molecule has 0 unspecified atom stereocenters. The molecule has 1 aromatic heterocycles. The average Bonchev–Trinajstić information content (AvgIpc) is 3.11. The lowest BCUT2D eigenvalue weighted by molar-refractivity contribution is 0.181. The highest BCUT2D eigenvalue weighted by Gasteiger charge is 2.26. The molecule has 0 bridgehead atoms. The third-order valence-electron chi connectivity index (χ3n) is 5.09. The Hall–Kier alpha value is -2.66. The second-order valence-electron chi connectivity index (χ2n) is 7.09. The van der Waals surface area contributed by atoms with E-state index in [0.29, 0.717) is 6.04 Å². The van der Waals surface area contributed by atoms with Gasteiger partial charge in [-0.25, -0.2) is 4.39 Å². The summed E-state index contributed by atoms with van der Waals surface area (Å²) in [5, 5.41) is 4.47. The van der Waals surface area contributed by atoms with Crippen molar-refractivity contribution in [2.24, 2.45) is 0 Å². The fourth-order valence-electron chi connectivity index (χ4n) is 3.87. The molecule has 2 aromatic carbocycles. The van der Waals surface area contributed by atoms with Crippen molar-refractivity contribution < 1.29 is 9.13 Å². The Morgan fingerprint density at radius 1 is 1.15 bits per heavy atom. The van der Waals surface area contributed by atoms with E-state index in [9.17, 15) is 4.39 Å². The van der Waals surface area contributed by atoms with Crippen molar-refractivity contribution in [3.63, 3.8) is 0 Å². The molecular weight excluding hydrogens is 341 g/mol. The van der Waals surface area contributed by atoms with Crippen LogP contribution in [0.1, 0.15) is 18.5 Å². The summed E-state index contributed by atoms with van der Waals surface area (Å²) in [5.41, 5.74) is 4.97. The topological polar surface area (TPSA) is 37.4 Å². The van der Waals surface area contributed by atoms with Gasteiger partial charge in [-0.1, -0.05) is 0 Å². The molecule has 1 N–H and O–H groups in total. The molecule has 0 amide bonds. The molecule has 0 spiro atoms. The summed E-state index contributed by atoms with van der Waals surface area (Å²) >= 11 is 0. The van der Waals surface area contributed by atoms with Crippen LogP contribution < -0.4 is 10.2 Å². The molecule has 140 valence electrons. The van der Waals surface area contributed by atoms with Crippen LogP contribution >= 0.6 is 0 Å². The molecule has 0 aliphatic carbocycles. The number of halogens is 1. The van der Waals surface area contributed by atoms with Crippen molar-refractivity contribution >= 4 is 28.0 Å². The van der Waals surface area contributed by atoms with Gasteiger partial charge in [-0.3, -0.25) is 4.98 Å². The second-order valence-corrected chi connectivity index (χ2v) is 7.09. The minimum atomic E-state index is -0.239. The number of hydrogen-bond acceptors (Lipinski definition) is 4. The maximum Gasteiger partial charge on any atom is 0.123 e. The molecule has 1 atom stereocenters. The van der Waals surface area contributed by atoms with E-state index in [0.717, 1.165) is 47.5 Å². The van der Waals surface area contributed by atoms with Gasteiger partial charge in [0.15, 0.2) is 0 Å². The predicted octanol–water partition coefficient (Wildman–Crippen LogP) is 5.04. The highest BCUT2D eigenvalue weighted by Crippen LogP contribution is 2.34. The SMILES string of the molecule is COC[C@@H]1CCCN1c1cc(C)nc2cc(Nc3ccc(F)cc3)ccc12. The Morgan fingerprint density at radius 3 is 2.70 bits per heavy atom. The Bertz CT molecular complexity index is 942. The highest BCUT2D eigenvalue weighted by molar-refractivity contribution is 5.94. The number of nitrogens with one attached hydrogen (secondary N) is 1. The van der Waals surface area contributed by atoms with Crippen LogP contribution in [0.25, 0.3) is 10.9 Å². The summed E-state index contributed by atoms with van der Waals surface area (Å²) in [6.07, 6.45) is 2.34. The molecule has 3 aromatic rings. The molecule has 5 heteroatoms. The lowest BCUT2D eigenvalue weighted by atomic mass is 10.1. The number of anilines is 3. The quantitative estimate of drug-likeness (QED) is 0.687.